The van der Waals surface area contributed by atoms with Crippen LogP contribution in [-0.4, -0.2) is 30.8 Å². The van der Waals surface area contributed by atoms with E-state index in [2.05, 4.69) is 10.6 Å². The maximum Gasteiger partial charge on any atom is 0.407 e. The zero-order valence-corrected chi connectivity index (χ0v) is 18.4. The van der Waals surface area contributed by atoms with E-state index in [1.54, 1.807) is 63.2 Å². The van der Waals surface area contributed by atoms with Crippen LogP contribution < -0.4 is 15.4 Å². The summed E-state index contributed by atoms with van der Waals surface area (Å²) in [6.45, 7) is 5.86. The molecule has 2 aromatic rings. The highest BCUT2D eigenvalue weighted by Crippen LogP contribution is 2.36. The Bertz CT molecular complexity index is 1010. The summed E-state index contributed by atoms with van der Waals surface area (Å²) in [7, 11) is 0. The molecule has 0 atom stereocenters. The number of amides is 2. The molecule has 2 amide bonds. The van der Waals surface area contributed by atoms with Crippen molar-refractivity contribution >= 4 is 52.5 Å². The van der Waals surface area contributed by atoms with Crippen LogP contribution in [0.25, 0.3) is 11.6 Å². The van der Waals surface area contributed by atoms with Gasteiger partial charge in [-0.3, -0.25) is 4.79 Å². The summed E-state index contributed by atoms with van der Waals surface area (Å²) in [5, 5.41) is 6.48. The smallest absolute Gasteiger partial charge is 0.407 e. The van der Waals surface area contributed by atoms with Gasteiger partial charge in [-0.1, -0.05) is 29.3 Å². The third-order valence-electron chi connectivity index (χ3n) is 4.06. The largest absolute Gasteiger partial charge is 0.491 e. The summed E-state index contributed by atoms with van der Waals surface area (Å²) in [4.78, 5) is 24.2. The minimum absolute atomic E-state index is 0.218. The molecule has 1 aliphatic heterocycles. The number of fused-ring (bicyclic) bond motifs is 1. The van der Waals surface area contributed by atoms with E-state index >= 15 is 0 Å². The molecular weight excluding hydrogens is 427 g/mol. The van der Waals surface area contributed by atoms with Crippen LogP contribution in [0.1, 0.15) is 31.9 Å². The Morgan fingerprint density at radius 1 is 1.13 bits per heavy atom. The Balaban J connectivity index is 1.73. The van der Waals surface area contributed by atoms with E-state index in [-0.39, 0.29) is 19.1 Å². The molecule has 0 aliphatic carbocycles. The molecule has 0 saturated heterocycles. The fourth-order valence-electron chi connectivity index (χ4n) is 2.86. The van der Waals surface area contributed by atoms with Crippen molar-refractivity contribution in [3.05, 3.63) is 57.6 Å². The molecule has 3 rings (SSSR count). The van der Waals surface area contributed by atoms with E-state index in [4.69, 9.17) is 32.7 Å². The van der Waals surface area contributed by atoms with Crippen molar-refractivity contribution in [2.45, 2.75) is 26.4 Å². The predicted octanol–water partition coefficient (Wildman–Crippen LogP) is 5.39. The standard InChI is InChI=1S/C22H22Cl2N2O4/c1-22(2,3)30-21(28)25-8-9-29-19-7-5-14(23)10-13(19)11-17-16-6-4-15(24)12-18(16)26-20(17)27/h4-7,10-12H,8-9H2,1-3H3,(H,25,28)(H,26,27). The van der Waals surface area contributed by atoms with Gasteiger partial charge in [-0.05, 0) is 57.2 Å². The number of carbonyl (C=O) groups excluding carboxylic acids is 2. The lowest BCUT2D eigenvalue weighted by atomic mass is 10.0. The molecule has 30 heavy (non-hydrogen) atoms. The molecule has 0 bridgehead atoms. The normalized spacial score (nSPS) is 14.3. The second-order valence-electron chi connectivity index (χ2n) is 7.66. The monoisotopic (exact) mass is 448 g/mol. The third kappa shape index (κ3) is 5.68. The van der Waals surface area contributed by atoms with E-state index in [1.165, 1.54) is 0 Å². The lowest BCUT2D eigenvalue weighted by Gasteiger charge is -2.19. The maximum atomic E-state index is 12.4. The molecule has 0 spiro atoms. The average Bonchev–Trinajstić information content (AvgIpc) is 2.93. The summed E-state index contributed by atoms with van der Waals surface area (Å²) in [5.41, 5.74) is 1.98. The Kier molecular flexibility index (Phi) is 6.58. The topological polar surface area (TPSA) is 76.7 Å². The first kappa shape index (κ1) is 22.0. The highest BCUT2D eigenvalue weighted by molar-refractivity contribution is 6.37. The average molecular weight is 449 g/mol. The minimum Gasteiger partial charge on any atom is -0.491 e. The van der Waals surface area contributed by atoms with Gasteiger partial charge in [-0.15, -0.1) is 0 Å². The molecule has 1 aliphatic rings. The van der Waals surface area contributed by atoms with Gasteiger partial charge in [0.05, 0.1) is 12.2 Å². The number of nitrogens with one attached hydrogen (secondary N) is 2. The Hall–Kier alpha value is -2.70. The van der Waals surface area contributed by atoms with Crippen LogP contribution in [0.15, 0.2) is 36.4 Å². The Morgan fingerprint density at radius 2 is 1.83 bits per heavy atom. The van der Waals surface area contributed by atoms with Gasteiger partial charge in [0.2, 0.25) is 0 Å². The van der Waals surface area contributed by atoms with Crippen molar-refractivity contribution in [3.63, 3.8) is 0 Å². The second-order valence-corrected chi connectivity index (χ2v) is 8.53. The maximum absolute atomic E-state index is 12.4. The molecule has 0 saturated carbocycles. The van der Waals surface area contributed by atoms with Crippen molar-refractivity contribution in [1.29, 1.82) is 0 Å². The molecule has 6 nitrogen and oxygen atoms in total. The second kappa shape index (κ2) is 8.98. The van der Waals surface area contributed by atoms with Gasteiger partial charge in [0.1, 0.15) is 18.0 Å². The molecule has 0 unspecified atom stereocenters. The van der Waals surface area contributed by atoms with Gasteiger partial charge < -0.3 is 20.1 Å². The SMILES string of the molecule is CC(C)(C)OC(=O)NCCOc1ccc(Cl)cc1C=C1C(=O)Nc2cc(Cl)ccc21. The first-order valence-electron chi connectivity index (χ1n) is 9.34. The van der Waals surface area contributed by atoms with Gasteiger partial charge in [0, 0.05) is 26.7 Å². The number of anilines is 1. The van der Waals surface area contributed by atoms with Crippen LogP contribution in [0.2, 0.25) is 10.0 Å². The van der Waals surface area contributed by atoms with E-state index in [9.17, 15) is 9.59 Å². The number of halogens is 2. The summed E-state index contributed by atoms with van der Waals surface area (Å²) < 4.78 is 11.0. The molecule has 0 radical (unpaired) electrons. The summed E-state index contributed by atoms with van der Waals surface area (Å²) >= 11 is 12.2. The molecule has 2 aromatic carbocycles. The summed E-state index contributed by atoms with van der Waals surface area (Å²) in [5.74, 6) is 0.304. The minimum atomic E-state index is -0.567. The summed E-state index contributed by atoms with van der Waals surface area (Å²) in [6.07, 6.45) is 1.21. The molecule has 158 valence electrons. The molecule has 1 heterocycles. The quantitative estimate of drug-likeness (QED) is 0.474. The lowest BCUT2D eigenvalue weighted by molar-refractivity contribution is -0.110. The van der Waals surface area contributed by atoms with Crippen molar-refractivity contribution in [2.24, 2.45) is 0 Å². The van der Waals surface area contributed by atoms with Crippen LogP contribution in [0.4, 0.5) is 10.5 Å². The van der Waals surface area contributed by atoms with Crippen LogP contribution in [-0.2, 0) is 9.53 Å². The Morgan fingerprint density at radius 3 is 2.57 bits per heavy atom. The number of benzene rings is 2. The van der Waals surface area contributed by atoms with E-state index in [0.717, 1.165) is 5.56 Å². The first-order chi connectivity index (χ1) is 14.1. The van der Waals surface area contributed by atoms with Gasteiger partial charge in [0.15, 0.2) is 0 Å². The molecule has 2 N–H and O–H groups in total. The predicted molar refractivity (Wildman–Crippen MR) is 119 cm³/mol. The van der Waals surface area contributed by atoms with E-state index < -0.39 is 11.7 Å². The van der Waals surface area contributed by atoms with Crippen LogP contribution in [0.3, 0.4) is 0 Å². The number of hydrogen-bond acceptors (Lipinski definition) is 4. The van der Waals surface area contributed by atoms with Crippen LogP contribution >= 0.6 is 23.2 Å². The van der Waals surface area contributed by atoms with E-state index in [1.807, 2.05) is 0 Å². The zero-order valence-electron chi connectivity index (χ0n) is 16.8. The number of alkyl carbamates (subject to hydrolysis) is 1. The number of carbonyl (C=O) groups is 2. The molecule has 0 fully saturated rings. The fourth-order valence-corrected chi connectivity index (χ4v) is 3.21. The number of ether oxygens (including phenoxy) is 2. The third-order valence-corrected chi connectivity index (χ3v) is 4.53. The lowest BCUT2D eigenvalue weighted by Crippen LogP contribution is -2.34. The van der Waals surface area contributed by atoms with Crippen molar-refractivity contribution in [2.75, 3.05) is 18.5 Å². The highest BCUT2D eigenvalue weighted by Gasteiger charge is 2.24. The van der Waals surface area contributed by atoms with Crippen molar-refractivity contribution in [1.82, 2.24) is 5.32 Å². The zero-order chi connectivity index (χ0) is 21.9. The molecule has 0 aromatic heterocycles. The van der Waals surface area contributed by atoms with Crippen LogP contribution in [0, 0.1) is 0 Å². The molecule has 8 heteroatoms. The van der Waals surface area contributed by atoms with Gasteiger partial charge >= 0.3 is 6.09 Å². The van der Waals surface area contributed by atoms with Crippen molar-refractivity contribution < 1.29 is 19.1 Å². The fraction of sp³-hybridized carbons (Fsp3) is 0.273. The number of rotatable bonds is 5. The van der Waals surface area contributed by atoms with Crippen molar-refractivity contribution in [3.8, 4) is 5.75 Å². The van der Waals surface area contributed by atoms with E-state index in [0.29, 0.717) is 32.6 Å². The number of hydrogen-bond donors (Lipinski definition) is 2. The highest BCUT2D eigenvalue weighted by atomic mass is 35.5. The first-order valence-corrected chi connectivity index (χ1v) is 10.1. The van der Waals surface area contributed by atoms with Crippen LogP contribution in [0.5, 0.6) is 5.75 Å². The summed E-state index contributed by atoms with van der Waals surface area (Å²) in [6, 6.07) is 10.4. The Labute approximate surface area is 185 Å². The van der Waals surface area contributed by atoms with Gasteiger partial charge in [-0.2, -0.15) is 0 Å². The molecular formula is C22H22Cl2N2O4. The van der Waals surface area contributed by atoms with Gasteiger partial charge in [0.25, 0.3) is 5.91 Å². The van der Waals surface area contributed by atoms with Gasteiger partial charge in [-0.25, -0.2) is 4.79 Å².